The van der Waals surface area contributed by atoms with Crippen LogP contribution in [0.15, 0.2) is 0 Å². The van der Waals surface area contributed by atoms with E-state index in [4.69, 9.17) is 0 Å². The van der Waals surface area contributed by atoms with Crippen LogP contribution in [0.1, 0.15) is 47.0 Å². The Balaban J connectivity index is 3.91. The molecule has 2 amide bonds. The van der Waals surface area contributed by atoms with Crippen molar-refractivity contribution in [2.75, 3.05) is 19.6 Å². The minimum atomic E-state index is -0.0584. The van der Waals surface area contributed by atoms with Gasteiger partial charge in [0, 0.05) is 20.0 Å². The van der Waals surface area contributed by atoms with Crippen LogP contribution in [0.4, 0.5) is 0 Å². The fourth-order valence-electron chi connectivity index (χ4n) is 1.58. The Labute approximate surface area is 105 Å². The van der Waals surface area contributed by atoms with E-state index in [2.05, 4.69) is 12.2 Å². The smallest absolute Gasteiger partial charge is 0.239 e. The van der Waals surface area contributed by atoms with Gasteiger partial charge in [-0.15, -0.1) is 0 Å². The third-order valence-electron chi connectivity index (χ3n) is 2.47. The number of carbonyl (C=O) groups excluding carboxylic acids is 2. The summed E-state index contributed by atoms with van der Waals surface area (Å²) in [6, 6.07) is 0. The van der Waals surface area contributed by atoms with Crippen molar-refractivity contribution in [3.63, 3.8) is 0 Å². The number of nitrogens with one attached hydrogen (secondary N) is 1. The largest absolute Gasteiger partial charge is 0.355 e. The van der Waals surface area contributed by atoms with Gasteiger partial charge in [-0.3, -0.25) is 9.59 Å². The van der Waals surface area contributed by atoms with Gasteiger partial charge in [0.2, 0.25) is 11.8 Å². The monoisotopic (exact) mass is 242 g/mol. The lowest BCUT2D eigenvalue weighted by Gasteiger charge is -2.22. The van der Waals surface area contributed by atoms with Crippen molar-refractivity contribution in [1.29, 1.82) is 0 Å². The highest BCUT2D eigenvalue weighted by molar-refractivity contribution is 5.83. The molecule has 0 unspecified atom stereocenters. The van der Waals surface area contributed by atoms with Crippen LogP contribution in [0.2, 0.25) is 0 Å². The van der Waals surface area contributed by atoms with Crippen molar-refractivity contribution in [3.05, 3.63) is 0 Å². The van der Waals surface area contributed by atoms with Crippen molar-refractivity contribution in [2.24, 2.45) is 5.92 Å². The van der Waals surface area contributed by atoms with Crippen LogP contribution < -0.4 is 5.32 Å². The molecule has 4 heteroatoms. The molecule has 17 heavy (non-hydrogen) atoms. The zero-order valence-electron chi connectivity index (χ0n) is 11.6. The Morgan fingerprint density at radius 1 is 1.24 bits per heavy atom. The SMILES string of the molecule is CCCCCNC(=O)CN(CC(C)C)C(C)=O. The highest BCUT2D eigenvalue weighted by Gasteiger charge is 2.14. The highest BCUT2D eigenvalue weighted by atomic mass is 16.2. The summed E-state index contributed by atoms with van der Waals surface area (Å²) in [6.07, 6.45) is 3.28. The normalized spacial score (nSPS) is 10.4. The van der Waals surface area contributed by atoms with E-state index in [1.165, 1.54) is 6.92 Å². The molecule has 0 bridgehead atoms. The quantitative estimate of drug-likeness (QED) is 0.660. The number of unbranched alkanes of at least 4 members (excludes halogenated alkanes) is 2. The van der Waals surface area contributed by atoms with E-state index in [0.29, 0.717) is 19.0 Å². The van der Waals surface area contributed by atoms with E-state index in [1.807, 2.05) is 13.8 Å². The van der Waals surface area contributed by atoms with Crippen molar-refractivity contribution in [3.8, 4) is 0 Å². The molecule has 0 aromatic heterocycles. The average molecular weight is 242 g/mol. The molecule has 0 aromatic rings. The van der Waals surface area contributed by atoms with Crippen molar-refractivity contribution >= 4 is 11.8 Å². The highest BCUT2D eigenvalue weighted by Crippen LogP contribution is 1.99. The molecule has 0 radical (unpaired) electrons. The van der Waals surface area contributed by atoms with E-state index in [-0.39, 0.29) is 18.4 Å². The fraction of sp³-hybridized carbons (Fsp3) is 0.846. The molecule has 100 valence electrons. The third kappa shape index (κ3) is 8.72. The minimum absolute atomic E-state index is 0.0394. The fourth-order valence-corrected chi connectivity index (χ4v) is 1.58. The first-order chi connectivity index (χ1) is 7.97. The maximum Gasteiger partial charge on any atom is 0.239 e. The molecule has 0 aliphatic heterocycles. The lowest BCUT2D eigenvalue weighted by molar-refractivity contribution is -0.134. The third-order valence-corrected chi connectivity index (χ3v) is 2.47. The molecule has 0 saturated carbocycles. The molecule has 1 N–H and O–H groups in total. The first kappa shape index (κ1) is 15.9. The second-order valence-corrected chi connectivity index (χ2v) is 4.85. The van der Waals surface area contributed by atoms with Gasteiger partial charge in [0.1, 0.15) is 0 Å². The lowest BCUT2D eigenvalue weighted by Crippen LogP contribution is -2.41. The van der Waals surface area contributed by atoms with Crippen LogP contribution >= 0.6 is 0 Å². The maximum atomic E-state index is 11.6. The number of amides is 2. The van der Waals surface area contributed by atoms with Gasteiger partial charge >= 0.3 is 0 Å². The van der Waals surface area contributed by atoms with Crippen LogP contribution in [-0.2, 0) is 9.59 Å². The predicted octanol–water partition coefficient (Wildman–Crippen LogP) is 1.80. The molecule has 0 atom stereocenters. The summed E-state index contributed by atoms with van der Waals surface area (Å²) in [6.45, 7) is 9.23. The first-order valence-corrected chi connectivity index (χ1v) is 6.49. The van der Waals surface area contributed by atoms with E-state index in [1.54, 1.807) is 4.90 Å². The van der Waals surface area contributed by atoms with Gasteiger partial charge in [0.25, 0.3) is 0 Å². The number of carbonyl (C=O) groups is 2. The van der Waals surface area contributed by atoms with E-state index < -0.39 is 0 Å². The van der Waals surface area contributed by atoms with E-state index in [9.17, 15) is 9.59 Å². The summed E-state index contributed by atoms with van der Waals surface area (Å²) in [5.41, 5.74) is 0. The summed E-state index contributed by atoms with van der Waals surface area (Å²) in [5.74, 6) is 0.283. The average Bonchev–Trinajstić information content (AvgIpc) is 2.22. The topological polar surface area (TPSA) is 49.4 Å². The van der Waals surface area contributed by atoms with Crippen LogP contribution in [0, 0.1) is 5.92 Å². The van der Waals surface area contributed by atoms with Gasteiger partial charge in [0.05, 0.1) is 6.54 Å². The van der Waals surface area contributed by atoms with Gasteiger partial charge in [-0.2, -0.15) is 0 Å². The Morgan fingerprint density at radius 3 is 2.35 bits per heavy atom. The van der Waals surface area contributed by atoms with Gasteiger partial charge in [-0.1, -0.05) is 33.6 Å². The number of hydrogen-bond donors (Lipinski definition) is 1. The van der Waals surface area contributed by atoms with Crippen LogP contribution in [0.5, 0.6) is 0 Å². The number of nitrogens with zero attached hydrogens (tertiary/aromatic N) is 1. The Hall–Kier alpha value is -1.06. The maximum absolute atomic E-state index is 11.6. The summed E-state index contributed by atoms with van der Waals surface area (Å²) >= 11 is 0. The second-order valence-electron chi connectivity index (χ2n) is 4.85. The molecule has 0 heterocycles. The van der Waals surface area contributed by atoms with Crippen molar-refractivity contribution in [2.45, 2.75) is 47.0 Å². The number of rotatable bonds is 8. The summed E-state index contributed by atoms with van der Waals surface area (Å²) < 4.78 is 0. The molecule has 4 nitrogen and oxygen atoms in total. The minimum Gasteiger partial charge on any atom is -0.355 e. The lowest BCUT2D eigenvalue weighted by atomic mass is 10.2. The first-order valence-electron chi connectivity index (χ1n) is 6.49. The second kappa shape index (κ2) is 9.02. The Morgan fingerprint density at radius 2 is 1.88 bits per heavy atom. The zero-order chi connectivity index (χ0) is 13.3. The molecular weight excluding hydrogens is 216 g/mol. The number of hydrogen-bond acceptors (Lipinski definition) is 2. The summed E-state index contributed by atoms with van der Waals surface area (Å²) in [5, 5.41) is 2.84. The van der Waals surface area contributed by atoms with Gasteiger partial charge < -0.3 is 10.2 Å². The molecule has 0 saturated heterocycles. The van der Waals surface area contributed by atoms with Crippen molar-refractivity contribution in [1.82, 2.24) is 10.2 Å². The van der Waals surface area contributed by atoms with Gasteiger partial charge in [-0.05, 0) is 12.3 Å². The molecule has 0 aromatic carbocycles. The standard InChI is InChI=1S/C13H26N2O2/c1-5-6-7-8-14-13(17)10-15(12(4)16)9-11(2)3/h11H,5-10H2,1-4H3,(H,14,17). The summed E-state index contributed by atoms with van der Waals surface area (Å²) in [4.78, 5) is 24.5. The molecular formula is C13H26N2O2. The van der Waals surface area contributed by atoms with Crippen molar-refractivity contribution < 1.29 is 9.59 Å². The predicted molar refractivity (Wildman–Crippen MR) is 69.6 cm³/mol. The zero-order valence-corrected chi connectivity index (χ0v) is 11.6. The van der Waals surface area contributed by atoms with E-state index in [0.717, 1.165) is 19.3 Å². The summed E-state index contributed by atoms with van der Waals surface area (Å²) in [7, 11) is 0. The van der Waals surface area contributed by atoms with Gasteiger partial charge in [0.15, 0.2) is 0 Å². The molecule has 0 rings (SSSR count). The Bertz CT molecular complexity index is 240. The molecule has 0 fully saturated rings. The van der Waals surface area contributed by atoms with Crippen LogP contribution in [0.3, 0.4) is 0 Å². The Kier molecular flexibility index (Phi) is 8.46. The molecule has 0 aliphatic rings. The van der Waals surface area contributed by atoms with E-state index >= 15 is 0 Å². The van der Waals surface area contributed by atoms with Gasteiger partial charge in [-0.25, -0.2) is 0 Å². The molecule has 0 spiro atoms. The van der Waals surface area contributed by atoms with Crippen LogP contribution in [-0.4, -0.2) is 36.3 Å². The molecule has 0 aliphatic carbocycles. The van der Waals surface area contributed by atoms with Crippen LogP contribution in [0.25, 0.3) is 0 Å².